The molecule has 2 aromatic rings. The van der Waals surface area contributed by atoms with E-state index in [4.69, 9.17) is 17.0 Å². The Hall–Kier alpha value is -3.19. The second kappa shape index (κ2) is 9.69. The molecule has 2 aliphatic heterocycles. The molecule has 36 heavy (non-hydrogen) atoms. The van der Waals surface area contributed by atoms with Gasteiger partial charge in [-0.05, 0) is 88.0 Å². The molecule has 0 aliphatic carbocycles. The topological polar surface area (TPSA) is 61.9 Å². The molecule has 0 aromatic heterocycles. The van der Waals surface area contributed by atoms with E-state index in [0.29, 0.717) is 22.9 Å². The Morgan fingerprint density at radius 2 is 1.89 bits per heavy atom. The molecule has 6 nitrogen and oxygen atoms in total. The summed E-state index contributed by atoms with van der Waals surface area (Å²) in [5, 5.41) is 2.77. The lowest BCUT2D eigenvalue weighted by atomic mass is 9.79. The van der Waals surface area contributed by atoms with Crippen molar-refractivity contribution in [3.05, 3.63) is 58.2 Å². The van der Waals surface area contributed by atoms with E-state index in [1.807, 2.05) is 38.1 Å². The van der Waals surface area contributed by atoms with Crippen molar-refractivity contribution in [2.24, 2.45) is 0 Å². The molecule has 1 unspecified atom stereocenters. The first-order valence-corrected chi connectivity index (χ1v) is 12.9. The second-order valence-corrected chi connectivity index (χ2v) is 10.9. The summed E-state index contributed by atoms with van der Waals surface area (Å²) < 4.78 is 5.76. The molecule has 4 rings (SSSR count). The van der Waals surface area contributed by atoms with Gasteiger partial charge in [-0.3, -0.25) is 19.8 Å². The number of fused-ring (bicyclic) bond motifs is 1. The minimum Gasteiger partial charge on any atom is -0.496 e. The van der Waals surface area contributed by atoms with Crippen LogP contribution in [0.15, 0.2) is 35.9 Å². The van der Waals surface area contributed by atoms with Crippen molar-refractivity contribution in [2.45, 2.75) is 65.8 Å². The molecule has 0 bridgehead atoms. The summed E-state index contributed by atoms with van der Waals surface area (Å²) in [6.45, 7) is 13.8. The van der Waals surface area contributed by atoms with Gasteiger partial charge in [0.2, 0.25) is 0 Å². The van der Waals surface area contributed by atoms with E-state index in [1.54, 1.807) is 13.2 Å². The molecule has 1 N–H and O–H groups in total. The van der Waals surface area contributed by atoms with Crippen molar-refractivity contribution in [1.82, 2.24) is 5.32 Å². The molecule has 2 aliphatic rings. The Morgan fingerprint density at radius 3 is 2.53 bits per heavy atom. The number of nitrogens with one attached hydrogen (secondary N) is 1. The van der Waals surface area contributed by atoms with E-state index in [1.165, 1.54) is 10.5 Å². The molecule has 2 aromatic carbocycles. The van der Waals surface area contributed by atoms with Crippen LogP contribution >= 0.6 is 12.2 Å². The lowest BCUT2D eigenvalue weighted by Crippen LogP contribution is -2.54. The quantitative estimate of drug-likeness (QED) is 0.323. The number of benzene rings is 2. The van der Waals surface area contributed by atoms with Crippen LogP contribution in [0.4, 0.5) is 11.4 Å². The molecular formula is C29H35N3O3S. The maximum Gasteiger partial charge on any atom is 0.270 e. The highest BCUT2D eigenvalue weighted by Gasteiger charge is 2.38. The first kappa shape index (κ1) is 25.9. The minimum absolute atomic E-state index is 0.0226. The number of rotatable bonds is 5. The molecule has 2 amide bonds. The van der Waals surface area contributed by atoms with Crippen LogP contribution in [0.3, 0.4) is 0 Å². The van der Waals surface area contributed by atoms with Gasteiger partial charge >= 0.3 is 0 Å². The van der Waals surface area contributed by atoms with Crippen LogP contribution in [0.5, 0.6) is 5.75 Å². The highest BCUT2D eigenvalue weighted by molar-refractivity contribution is 7.80. The largest absolute Gasteiger partial charge is 0.496 e. The van der Waals surface area contributed by atoms with E-state index in [0.717, 1.165) is 36.2 Å². The maximum atomic E-state index is 13.6. The fraction of sp³-hybridized carbons (Fsp3) is 0.414. The zero-order valence-electron chi connectivity index (χ0n) is 22.2. The number of amides is 2. The van der Waals surface area contributed by atoms with E-state index in [-0.39, 0.29) is 16.2 Å². The van der Waals surface area contributed by atoms with Gasteiger partial charge < -0.3 is 9.64 Å². The summed E-state index contributed by atoms with van der Waals surface area (Å²) >= 11 is 5.39. The number of anilines is 2. The van der Waals surface area contributed by atoms with Crippen LogP contribution in [0.25, 0.3) is 6.08 Å². The summed E-state index contributed by atoms with van der Waals surface area (Å²) in [7, 11) is 1.62. The molecule has 190 valence electrons. The molecule has 2 heterocycles. The van der Waals surface area contributed by atoms with Gasteiger partial charge in [-0.15, -0.1) is 0 Å². The van der Waals surface area contributed by atoms with Crippen LogP contribution in [0.1, 0.15) is 68.7 Å². The fourth-order valence-electron chi connectivity index (χ4n) is 5.55. The first-order chi connectivity index (χ1) is 17.0. The van der Waals surface area contributed by atoms with Crippen molar-refractivity contribution >= 4 is 46.6 Å². The molecular weight excluding hydrogens is 470 g/mol. The molecule has 1 fully saturated rings. The van der Waals surface area contributed by atoms with E-state index < -0.39 is 11.8 Å². The summed E-state index contributed by atoms with van der Waals surface area (Å²) in [5.74, 6) is -0.00903. The Labute approximate surface area is 219 Å². The van der Waals surface area contributed by atoms with Crippen LogP contribution in [0, 0.1) is 13.8 Å². The van der Waals surface area contributed by atoms with Crippen LogP contribution < -0.4 is 19.9 Å². The van der Waals surface area contributed by atoms with Crippen LogP contribution in [-0.2, 0) is 9.59 Å². The summed E-state index contributed by atoms with van der Waals surface area (Å²) in [6.07, 6.45) is 3.68. The van der Waals surface area contributed by atoms with Crippen molar-refractivity contribution < 1.29 is 14.3 Å². The monoisotopic (exact) mass is 505 g/mol. The normalized spacial score (nSPS) is 20.5. The number of hydrogen-bond donors (Lipinski definition) is 1. The molecule has 0 saturated carbocycles. The summed E-state index contributed by atoms with van der Waals surface area (Å²) in [4.78, 5) is 30.4. The predicted molar refractivity (Wildman–Crippen MR) is 150 cm³/mol. The molecule has 0 radical (unpaired) electrons. The van der Waals surface area contributed by atoms with Gasteiger partial charge in [0.05, 0.1) is 12.8 Å². The van der Waals surface area contributed by atoms with Gasteiger partial charge in [0.25, 0.3) is 11.8 Å². The number of ether oxygens (including phenoxy) is 1. The van der Waals surface area contributed by atoms with Gasteiger partial charge in [-0.1, -0.05) is 31.5 Å². The van der Waals surface area contributed by atoms with E-state index in [9.17, 15) is 9.59 Å². The van der Waals surface area contributed by atoms with Crippen molar-refractivity contribution in [3.8, 4) is 5.75 Å². The number of aryl methyl sites for hydroxylation is 2. The van der Waals surface area contributed by atoms with E-state index in [2.05, 4.69) is 44.0 Å². The third-order valence-corrected chi connectivity index (χ3v) is 7.46. The zero-order valence-corrected chi connectivity index (χ0v) is 23.0. The zero-order chi connectivity index (χ0) is 26.4. The van der Waals surface area contributed by atoms with Gasteiger partial charge in [-0.25, -0.2) is 0 Å². The highest BCUT2D eigenvalue weighted by Crippen LogP contribution is 2.46. The lowest BCUT2D eigenvalue weighted by Gasteiger charge is -2.48. The van der Waals surface area contributed by atoms with Crippen molar-refractivity contribution in [2.75, 3.05) is 23.5 Å². The first-order valence-electron chi connectivity index (χ1n) is 12.5. The second-order valence-electron chi connectivity index (χ2n) is 10.5. The molecule has 1 saturated heterocycles. The minimum atomic E-state index is -0.507. The number of hydrogen-bond acceptors (Lipinski definition) is 5. The number of carbonyl (C=O) groups excluding carboxylic acids is 2. The average molecular weight is 506 g/mol. The summed E-state index contributed by atoms with van der Waals surface area (Å²) in [6, 6.07) is 9.89. The lowest BCUT2D eigenvalue weighted by molar-refractivity contribution is -0.122. The van der Waals surface area contributed by atoms with Crippen molar-refractivity contribution in [1.29, 1.82) is 0 Å². The molecule has 1 atom stereocenters. The van der Waals surface area contributed by atoms with Crippen LogP contribution in [-0.4, -0.2) is 36.1 Å². The maximum absolute atomic E-state index is 13.6. The van der Waals surface area contributed by atoms with E-state index >= 15 is 0 Å². The Bertz CT molecular complexity index is 1280. The Balaban J connectivity index is 1.82. The Kier molecular flexibility index (Phi) is 6.97. The predicted octanol–water partition coefficient (Wildman–Crippen LogP) is 5.65. The smallest absolute Gasteiger partial charge is 0.270 e. The van der Waals surface area contributed by atoms with Gasteiger partial charge in [0, 0.05) is 29.4 Å². The number of methoxy groups -OCH3 is 1. The SMILES string of the molecule is CCCN1c2cc(OC)c(/C=C3/C(=O)NC(=S)N(c4ccc(C)cc4C)C3=O)cc2C(C)CC1(C)C. The fourth-order valence-corrected chi connectivity index (χ4v) is 5.83. The highest BCUT2D eigenvalue weighted by atomic mass is 32.1. The molecule has 0 spiro atoms. The van der Waals surface area contributed by atoms with Gasteiger partial charge in [0.15, 0.2) is 5.11 Å². The standard InChI is InChI=1S/C29H35N3O3S/c1-8-11-31-24-15-25(35-7)20(13-21(24)19(4)16-29(31,5)6)14-22-26(33)30-28(36)32(27(22)34)23-10-9-17(2)12-18(23)3/h9-10,12-15,19H,8,11,16H2,1-7H3,(H,30,33,36)/b22-14-. The number of carbonyl (C=O) groups is 2. The number of nitrogens with zero attached hydrogens (tertiary/aromatic N) is 2. The third kappa shape index (κ3) is 4.52. The summed E-state index contributed by atoms with van der Waals surface area (Å²) in [5.41, 5.74) is 5.74. The average Bonchev–Trinajstić information content (AvgIpc) is 2.80. The Morgan fingerprint density at radius 1 is 1.17 bits per heavy atom. The number of thiocarbonyl (C=S) groups is 1. The third-order valence-electron chi connectivity index (χ3n) is 7.18. The van der Waals surface area contributed by atoms with Gasteiger partial charge in [-0.2, -0.15) is 0 Å². The molecule has 7 heteroatoms. The van der Waals surface area contributed by atoms with Crippen molar-refractivity contribution in [3.63, 3.8) is 0 Å². The van der Waals surface area contributed by atoms with Gasteiger partial charge in [0.1, 0.15) is 11.3 Å². The van der Waals surface area contributed by atoms with Crippen LogP contribution in [0.2, 0.25) is 0 Å².